The fraction of sp³-hybridized carbons (Fsp3) is 0.200. The van der Waals surface area contributed by atoms with Crippen molar-refractivity contribution in [1.82, 2.24) is 20.5 Å². The number of hydrogen-bond donors (Lipinski definition) is 1. The van der Waals surface area contributed by atoms with Crippen molar-refractivity contribution in [2.75, 3.05) is 5.75 Å². The van der Waals surface area contributed by atoms with Gasteiger partial charge in [0, 0.05) is 11.1 Å². The molecule has 3 aromatic rings. The first-order chi connectivity index (χ1) is 11.2. The number of nitrogens with zero attached hydrogens (tertiary/aromatic N) is 3. The Hall–Kier alpha value is -1.77. The van der Waals surface area contributed by atoms with Crippen molar-refractivity contribution in [1.29, 1.82) is 0 Å². The summed E-state index contributed by atoms with van der Waals surface area (Å²) in [5, 5.41) is 14.5. The number of nitrogens with one attached hydrogen (secondary N) is 1. The average molecular weight is 363 g/mol. The molecule has 0 fully saturated rings. The number of aryl methyl sites for hydroxylation is 1. The maximum absolute atomic E-state index is 11.9. The second-order valence-corrected chi connectivity index (χ2v) is 7.66. The topological polar surface area (TPSA) is 67.8 Å². The lowest BCUT2D eigenvalue weighted by atomic mass is 10.4. The highest BCUT2D eigenvalue weighted by Gasteiger charge is 2.11. The molecule has 3 rings (SSSR count). The van der Waals surface area contributed by atoms with Gasteiger partial charge < -0.3 is 5.32 Å². The van der Waals surface area contributed by atoms with Gasteiger partial charge in [-0.2, -0.15) is 5.10 Å². The molecule has 3 heterocycles. The van der Waals surface area contributed by atoms with E-state index in [1.165, 1.54) is 11.8 Å². The van der Waals surface area contributed by atoms with Crippen LogP contribution < -0.4 is 5.32 Å². The Balaban J connectivity index is 1.53. The van der Waals surface area contributed by atoms with Crippen molar-refractivity contribution in [3.63, 3.8) is 0 Å². The van der Waals surface area contributed by atoms with Gasteiger partial charge in [-0.05, 0) is 30.5 Å². The van der Waals surface area contributed by atoms with Crippen molar-refractivity contribution in [2.45, 2.75) is 18.5 Å². The average Bonchev–Trinajstić information content (AvgIpc) is 3.21. The van der Waals surface area contributed by atoms with Gasteiger partial charge in [0.25, 0.3) is 0 Å². The molecule has 0 aliphatic rings. The van der Waals surface area contributed by atoms with Gasteiger partial charge in [-0.25, -0.2) is 4.98 Å². The number of hydrogen-bond acceptors (Lipinski definition) is 7. The number of thiophene rings is 1. The van der Waals surface area contributed by atoms with Crippen molar-refractivity contribution in [2.24, 2.45) is 0 Å². The number of rotatable bonds is 6. The fourth-order valence-electron chi connectivity index (χ4n) is 1.83. The van der Waals surface area contributed by atoms with Gasteiger partial charge in [0.15, 0.2) is 0 Å². The van der Waals surface area contributed by atoms with E-state index in [4.69, 9.17) is 0 Å². The van der Waals surface area contributed by atoms with Crippen LogP contribution in [0.4, 0.5) is 0 Å². The van der Waals surface area contributed by atoms with Crippen LogP contribution >= 0.6 is 34.4 Å². The van der Waals surface area contributed by atoms with Crippen LogP contribution in [0.2, 0.25) is 0 Å². The smallest absolute Gasteiger partial charge is 0.230 e. The normalized spacial score (nSPS) is 10.7. The number of amides is 1. The molecule has 0 aliphatic heterocycles. The molecule has 118 valence electrons. The third-order valence-corrected chi connectivity index (χ3v) is 6.09. The van der Waals surface area contributed by atoms with Gasteiger partial charge in [0.2, 0.25) is 5.91 Å². The molecule has 5 nitrogen and oxygen atoms in total. The van der Waals surface area contributed by atoms with Crippen LogP contribution in [0, 0.1) is 6.92 Å². The monoisotopic (exact) mass is 362 g/mol. The standard InChI is InChI=1S/C15H14N4OS3/c1-10-12(23-15(18-10)11-4-3-7-21-11)8-16-13(20)9-22-14-5-2-6-17-19-14/h2-7H,8-9H2,1H3,(H,16,20). The first kappa shape index (κ1) is 16.1. The van der Waals surface area contributed by atoms with Crippen LogP contribution in [-0.2, 0) is 11.3 Å². The highest BCUT2D eigenvalue weighted by Crippen LogP contribution is 2.30. The largest absolute Gasteiger partial charge is 0.350 e. The third kappa shape index (κ3) is 4.37. The van der Waals surface area contributed by atoms with Crippen molar-refractivity contribution >= 4 is 40.3 Å². The van der Waals surface area contributed by atoms with Crippen molar-refractivity contribution < 1.29 is 4.79 Å². The Bertz CT molecular complexity index is 771. The predicted octanol–water partition coefficient (Wildman–Crippen LogP) is 3.38. The lowest BCUT2D eigenvalue weighted by molar-refractivity contribution is -0.118. The summed E-state index contributed by atoms with van der Waals surface area (Å²) in [5.74, 6) is 0.306. The van der Waals surface area contributed by atoms with E-state index in [1.807, 2.05) is 24.4 Å². The second-order valence-electron chi connectivity index (χ2n) is 4.63. The Labute approximate surface area is 146 Å². The molecule has 1 amide bonds. The van der Waals surface area contributed by atoms with E-state index in [1.54, 1.807) is 34.9 Å². The molecule has 0 spiro atoms. The summed E-state index contributed by atoms with van der Waals surface area (Å²) in [7, 11) is 0. The molecule has 0 aromatic carbocycles. The van der Waals surface area contributed by atoms with Crippen molar-refractivity contribution in [3.8, 4) is 9.88 Å². The number of aromatic nitrogens is 3. The molecule has 3 aromatic heterocycles. The molecule has 0 bridgehead atoms. The van der Waals surface area contributed by atoms with Crippen LogP contribution in [0.25, 0.3) is 9.88 Å². The molecule has 0 unspecified atom stereocenters. The molecule has 0 saturated carbocycles. The first-order valence-electron chi connectivity index (χ1n) is 6.90. The lowest BCUT2D eigenvalue weighted by Gasteiger charge is -2.03. The molecule has 23 heavy (non-hydrogen) atoms. The summed E-state index contributed by atoms with van der Waals surface area (Å²) in [6, 6.07) is 7.72. The van der Waals surface area contributed by atoms with E-state index in [2.05, 4.69) is 26.6 Å². The first-order valence-corrected chi connectivity index (χ1v) is 9.58. The van der Waals surface area contributed by atoms with Crippen LogP contribution in [0.5, 0.6) is 0 Å². The zero-order chi connectivity index (χ0) is 16.1. The van der Waals surface area contributed by atoms with Gasteiger partial charge >= 0.3 is 0 Å². The van der Waals surface area contributed by atoms with Crippen molar-refractivity contribution in [3.05, 3.63) is 46.4 Å². The minimum Gasteiger partial charge on any atom is -0.350 e. The van der Waals surface area contributed by atoms with Crippen LogP contribution in [0.15, 0.2) is 40.9 Å². The molecule has 0 radical (unpaired) electrons. The predicted molar refractivity (Wildman–Crippen MR) is 94.8 cm³/mol. The highest BCUT2D eigenvalue weighted by atomic mass is 32.2. The van der Waals surface area contributed by atoms with E-state index in [0.29, 0.717) is 12.3 Å². The summed E-state index contributed by atoms with van der Waals surface area (Å²) in [5.41, 5.74) is 0.972. The molecule has 8 heteroatoms. The molecule has 0 atom stereocenters. The molecular formula is C15H14N4OS3. The molecule has 1 N–H and O–H groups in total. The minimum absolute atomic E-state index is 0.0221. The number of carbonyl (C=O) groups excluding carboxylic acids is 1. The highest BCUT2D eigenvalue weighted by molar-refractivity contribution is 7.99. The summed E-state index contributed by atoms with van der Waals surface area (Å²) in [6.45, 7) is 2.48. The number of carbonyl (C=O) groups is 1. The van der Waals surface area contributed by atoms with Crippen LogP contribution in [0.3, 0.4) is 0 Å². The number of thiazole rings is 1. The Morgan fingerprint density at radius 3 is 3.00 bits per heavy atom. The van der Waals surface area contributed by atoms with Gasteiger partial charge in [-0.3, -0.25) is 4.79 Å². The zero-order valence-electron chi connectivity index (χ0n) is 12.4. The van der Waals surface area contributed by atoms with Gasteiger partial charge in [-0.15, -0.1) is 27.8 Å². The Morgan fingerprint density at radius 1 is 1.35 bits per heavy atom. The van der Waals surface area contributed by atoms with Gasteiger partial charge in [0.1, 0.15) is 10.0 Å². The second kappa shape index (κ2) is 7.67. The maximum atomic E-state index is 11.9. The Kier molecular flexibility index (Phi) is 5.37. The van der Waals surface area contributed by atoms with Crippen LogP contribution in [0.1, 0.15) is 10.6 Å². The van der Waals surface area contributed by atoms with E-state index < -0.39 is 0 Å². The van der Waals surface area contributed by atoms with E-state index in [0.717, 1.165) is 25.5 Å². The summed E-state index contributed by atoms with van der Waals surface area (Å²) in [4.78, 5) is 18.8. The van der Waals surface area contributed by atoms with E-state index in [-0.39, 0.29) is 5.91 Å². The third-order valence-electron chi connectivity index (χ3n) is 2.97. The quantitative estimate of drug-likeness (QED) is 0.681. The lowest BCUT2D eigenvalue weighted by Crippen LogP contribution is -2.24. The summed E-state index contributed by atoms with van der Waals surface area (Å²) in [6.07, 6.45) is 1.61. The maximum Gasteiger partial charge on any atom is 0.230 e. The minimum atomic E-state index is -0.0221. The number of thioether (sulfide) groups is 1. The molecule has 0 aliphatic carbocycles. The summed E-state index contributed by atoms with van der Waals surface area (Å²) >= 11 is 4.68. The van der Waals surface area contributed by atoms with Gasteiger partial charge in [0.05, 0.1) is 22.9 Å². The zero-order valence-corrected chi connectivity index (χ0v) is 14.8. The van der Waals surface area contributed by atoms with E-state index >= 15 is 0 Å². The van der Waals surface area contributed by atoms with E-state index in [9.17, 15) is 4.79 Å². The molecule has 0 saturated heterocycles. The SMILES string of the molecule is Cc1nc(-c2cccs2)sc1CNC(=O)CSc1cccnn1. The molecular weight excluding hydrogens is 348 g/mol. The van der Waals surface area contributed by atoms with Gasteiger partial charge in [-0.1, -0.05) is 17.8 Å². The van der Waals surface area contributed by atoms with Crippen LogP contribution in [-0.4, -0.2) is 26.8 Å². The summed E-state index contributed by atoms with van der Waals surface area (Å²) < 4.78 is 0. The Morgan fingerprint density at radius 2 is 2.26 bits per heavy atom. The fourth-order valence-corrected chi connectivity index (χ4v) is 4.29.